The first-order valence-electron chi connectivity index (χ1n) is 8.37. The van der Waals surface area contributed by atoms with Gasteiger partial charge in [0.2, 0.25) is 5.91 Å². The number of aromatic nitrogens is 3. The molecule has 0 saturated carbocycles. The summed E-state index contributed by atoms with van der Waals surface area (Å²) in [7, 11) is 1.90. The van der Waals surface area contributed by atoms with E-state index in [1.807, 2.05) is 18.5 Å². The van der Waals surface area contributed by atoms with E-state index in [-0.39, 0.29) is 17.9 Å². The summed E-state index contributed by atoms with van der Waals surface area (Å²) in [4.78, 5) is 12.7. The number of nitrogens with one attached hydrogen (secondary N) is 1. The summed E-state index contributed by atoms with van der Waals surface area (Å²) in [5, 5.41) is 11.1. The number of hydrogen-bond acceptors (Lipinski definition) is 4. The minimum absolute atomic E-state index is 0.0147. The monoisotopic (exact) mass is 328 g/mol. The van der Waals surface area contributed by atoms with Crippen molar-refractivity contribution in [3.05, 3.63) is 47.0 Å². The zero-order valence-electron chi connectivity index (χ0n) is 14.5. The Morgan fingerprint density at radius 1 is 1.29 bits per heavy atom. The van der Waals surface area contributed by atoms with Crippen molar-refractivity contribution >= 4 is 5.91 Å². The van der Waals surface area contributed by atoms with Crippen LogP contribution in [0.1, 0.15) is 41.7 Å². The number of aryl methyl sites for hydroxylation is 2. The van der Waals surface area contributed by atoms with Gasteiger partial charge in [-0.1, -0.05) is 29.8 Å². The van der Waals surface area contributed by atoms with E-state index in [9.17, 15) is 4.79 Å². The Hall–Kier alpha value is -2.21. The average molecular weight is 328 g/mol. The Morgan fingerprint density at radius 3 is 2.71 bits per heavy atom. The van der Waals surface area contributed by atoms with Crippen LogP contribution >= 0.6 is 0 Å². The summed E-state index contributed by atoms with van der Waals surface area (Å²) >= 11 is 0. The summed E-state index contributed by atoms with van der Waals surface area (Å²) in [6, 6.07) is 8.23. The molecule has 1 N–H and O–H groups in total. The van der Waals surface area contributed by atoms with Gasteiger partial charge in [-0.3, -0.25) is 4.79 Å². The highest BCUT2D eigenvalue weighted by Gasteiger charge is 2.33. The van der Waals surface area contributed by atoms with E-state index < -0.39 is 0 Å². The van der Waals surface area contributed by atoms with Gasteiger partial charge in [0.1, 0.15) is 5.82 Å². The van der Waals surface area contributed by atoms with Crippen LogP contribution in [-0.2, 0) is 23.1 Å². The molecule has 1 amide bonds. The van der Waals surface area contributed by atoms with Gasteiger partial charge in [-0.2, -0.15) is 0 Å². The smallest absolute Gasteiger partial charge is 0.226 e. The minimum atomic E-state index is -0.180. The van der Waals surface area contributed by atoms with Gasteiger partial charge in [0.25, 0.3) is 0 Å². The first-order valence-corrected chi connectivity index (χ1v) is 8.37. The Bertz CT molecular complexity index is 708. The van der Waals surface area contributed by atoms with Crippen molar-refractivity contribution in [1.82, 2.24) is 20.1 Å². The van der Waals surface area contributed by atoms with E-state index in [1.54, 1.807) is 0 Å². The third-order valence-corrected chi connectivity index (χ3v) is 4.67. The molecular formula is C18H24N4O2. The summed E-state index contributed by atoms with van der Waals surface area (Å²) in [6.07, 6.45) is 1.56. The molecule has 2 heterocycles. The highest BCUT2D eigenvalue weighted by molar-refractivity contribution is 5.79. The first kappa shape index (κ1) is 16.6. The van der Waals surface area contributed by atoms with Crippen LogP contribution in [0.15, 0.2) is 24.3 Å². The SMILES string of the molecule is Cc1ccc(C2OCCCC2C(=O)NCc2nnc(C)n2C)cc1. The largest absolute Gasteiger partial charge is 0.373 e. The molecule has 6 heteroatoms. The van der Waals surface area contributed by atoms with Crippen LogP contribution in [0.5, 0.6) is 0 Å². The molecule has 128 valence electrons. The number of carbonyl (C=O) groups is 1. The molecule has 1 fully saturated rings. The number of ether oxygens (including phenoxy) is 1. The molecular weight excluding hydrogens is 304 g/mol. The second-order valence-corrected chi connectivity index (χ2v) is 6.39. The summed E-state index contributed by atoms with van der Waals surface area (Å²) in [6.45, 7) is 5.03. The number of rotatable bonds is 4. The molecule has 3 rings (SSSR count). The third-order valence-electron chi connectivity index (χ3n) is 4.67. The van der Waals surface area contributed by atoms with Crippen LogP contribution in [0.3, 0.4) is 0 Å². The lowest BCUT2D eigenvalue weighted by Crippen LogP contribution is -2.37. The fraction of sp³-hybridized carbons (Fsp3) is 0.500. The average Bonchev–Trinajstić information content (AvgIpc) is 2.92. The lowest BCUT2D eigenvalue weighted by molar-refractivity contribution is -0.135. The van der Waals surface area contributed by atoms with Crippen LogP contribution in [0.4, 0.5) is 0 Å². The van der Waals surface area contributed by atoms with Crippen molar-refractivity contribution in [3.63, 3.8) is 0 Å². The molecule has 2 unspecified atom stereocenters. The van der Waals surface area contributed by atoms with Crippen LogP contribution < -0.4 is 5.32 Å². The molecule has 24 heavy (non-hydrogen) atoms. The topological polar surface area (TPSA) is 69.0 Å². The van der Waals surface area contributed by atoms with Crippen LogP contribution in [0, 0.1) is 19.8 Å². The molecule has 0 radical (unpaired) electrons. The zero-order chi connectivity index (χ0) is 17.1. The minimum Gasteiger partial charge on any atom is -0.373 e. The van der Waals surface area contributed by atoms with E-state index >= 15 is 0 Å². The second-order valence-electron chi connectivity index (χ2n) is 6.39. The predicted molar refractivity (Wildman–Crippen MR) is 90.2 cm³/mol. The van der Waals surface area contributed by atoms with Gasteiger partial charge in [0.05, 0.1) is 18.6 Å². The van der Waals surface area contributed by atoms with Crippen LogP contribution in [0.25, 0.3) is 0 Å². The summed E-state index contributed by atoms with van der Waals surface area (Å²) in [5.74, 6) is 1.43. The summed E-state index contributed by atoms with van der Waals surface area (Å²) < 4.78 is 7.81. The molecule has 0 spiro atoms. The molecule has 1 aromatic carbocycles. The maximum Gasteiger partial charge on any atom is 0.226 e. The summed E-state index contributed by atoms with van der Waals surface area (Å²) in [5.41, 5.74) is 2.27. The van der Waals surface area contributed by atoms with E-state index in [2.05, 4.69) is 46.7 Å². The first-order chi connectivity index (χ1) is 11.6. The van der Waals surface area contributed by atoms with Crippen molar-refractivity contribution in [2.45, 2.75) is 39.3 Å². The molecule has 1 aliphatic rings. The van der Waals surface area contributed by atoms with Crippen molar-refractivity contribution in [2.24, 2.45) is 13.0 Å². The number of hydrogen-bond donors (Lipinski definition) is 1. The van der Waals surface area contributed by atoms with Crippen molar-refractivity contribution in [1.29, 1.82) is 0 Å². The number of amides is 1. The van der Waals surface area contributed by atoms with E-state index in [4.69, 9.17) is 4.74 Å². The molecule has 6 nitrogen and oxygen atoms in total. The molecule has 1 aromatic heterocycles. The van der Waals surface area contributed by atoms with Gasteiger partial charge in [0, 0.05) is 13.7 Å². The molecule has 1 saturated heterocycles. The van der Waals surface area contributed by atoms with Gasteiger partial charge in [-0.25, -0.2) is 0 Å². The molecule has 2 atom stereocenters. The fourth-order valence-corrected chi connectivity index (χ4v) is 3.04. The van der Waals surface area contributed by atoms with E-state index in [0.717, 1.165) is 30.1 Å². The van der Waals surface area contributed by atoms with Crippen LogP contribution in [0.2, 0.25) is 0 Å². The predicted octanol–water partition coefficient (Wildman–Crippen LogP) is 2.22. The van der Waals surface area contributed by atoms with Gasteiger partial charge in [-0.15, -0.1) is 10.2 Å². The quantitative estimate of drug-likeness (QED) is 0.934. The standard InChI is InChI=1S/C18H24N4O2/c1-12-6-8-14(9-7-12)17-15(5-4-10-24-17)18(23)19-11-16-21-20-13(2)22(16)3/h6-9,15,17H,4-5,10-11H2,1-3H3,(H,19,23). The Labute approximate surface area is 142 Å². The van der Waals surface area contributed by atoms with Gasteiger partial charge >= 0.3 is 0 Å². The lowest BCUT2D eigenvalue weighted by Gasteiger charge is -2.31. The normalized spacial score (nSPS) is 20.8. The molecule has 0 bridgehead atoms. The fourth-order valence-electron chi connectivity index (χ4n) is 3.04. The molecule has 2 aromatic rings. The maximum atomic E-state index is 12.7. The Balaban J connectivity index is 1.69. The van der Waals surface area contributed by atoms with E-state index in [1.165, 1.54) is 5.56 Å². The third kappa shape index (κ3) is 3.48. The van der Waals surface area contributed by atoms with E-state index in [0.29, 0.717) is 13.2 Å². The lowest BCUT2D eigenvalue weighted by atomic mass is 9.88. The maximum absolute atomic E-state index is 12.7. The Kier molecular flexibility index (Phi) is 4.94. The van der Waals surface area contributed by atoms with Crippen molar-refractivity contribution < 1.29 is 9.53 Å². The number of benzene rings is 1. The highest BCUT2D eigenvalue weighted by Crippen LogP contribution is 2.33. The van der Waals surface area contributed by atoms with Crippen LogP contribution in [-0.4, -0.2) is 27.3 Å². The molecule has 1 aliphatic heterocycles. The van der Waals surface area contributed by atoms with Crippen molar-refractivity contribution in [2.75, 3.05) is 6.61 Å². The zero-order valence-corrected chi connectivity index (χ0v) is 14.5. The Morgan fingerprint density at radius 2 is 2.04 bits per heavy atom. The van der Waals surface area contributed by atoms with Gasteiger partial charge in [0.15, 0.2) is 5.82 Å². The highest BCUT2D eigenvalue weighted by atomic mass is 16.5. The van der Waals surface area contributed by atoms with Gasteiger partial charge in [-0.05, 0) is 32.3 Å². The number of nitrogens with zero attached hydrogens (tertiary/aromatic N) is 3. The molecule has 0 aliphatic carbocycles. The van der Waals surface area contributed by atoms with Gasteiger partial charge < -0.3 is 14.6 Å². The van der Waals surface area contributed by atoms with Crippen molar-refractivity contribution in [3.8, 4) is 0 Å². The number of carbonyl (C=O) groups excluding carboxylic acids is 1. The second kappa shape index (κ2) is 7.13.